The van der Waals surface area contributed by atoms with Gasteiger partial charge in [-0.2, -0.15) is 0 Å². The van der Waals surface area contributed by atoms with E-state index in [0.717, 1.165) is 41.6 Å². The largest absolute Gasteiger partial charge is 0.384 e. The Bertz CT molecular complexity index is 448. The van der Waals surface area contributed by atoms with E-state index < -0.39 is 0 Å². The van der Waals surface area contributed by atoms with Gasteiger partial charge in [-0.15, -0.1) is 0 Å². The molecule has 0 heterocycles. The van der Waals surface area contributed by atoms with Crippen molar-refractivity contribution in [2.75, 3.05) is 32.0 Å². The van der Waals surface area contributed by atoms with E-state index in [0.29, 0.717) is 0 Å². The van der Waals surface area contributed by atoms with Crippen LogP contribution < -0.4 is 5.32 Å². The molecule has 1 N–H and O–H groups in total. The van der Waals surface area contributed by atoms with Crippen LogP contribution in [-0.4, -0.2) is 31.6 Å². The van der Waals surface area contributed by atoms with Crippen molar-refractivity contribution in [2.24, 2.45) is 17.8 Å². The summed E-state index contributed by atoms with van der Waals surface area (Å²) in [4.78, 5) is 2.49. The number of benzene rings is 1. The van der Waals surface area contributed by atoms with Gasteiger partial charge in [0.2, 0.25) is 0 Å². The Morgan fingerprint density at radius 1 is 1.30 bits per heavy atom. The molecule has 20 heavy (non-hydrogen) atoms. The first-order chi connectivity index (χ1) is 9.70. The highest BCUT2D eigenvalue weighted by molar-refractivity contribution is 6.30. The third-order valence-electron chi connectivity index (χ3n) is 5.08. The van der Waals surface area contributed by atoms with E-state index in [-0.39, 0.29) is 0 Å². The van der Waals surface area contributed by atoms with Crippen LogP contribution in [0.2, 0.25) is 5.02 Å². The molecule has 0 aromatic heterocycles. The number of halogens is 1. The van der Waals surface area contributed by atoms with E-state index in [1.54, 1.807) is 0 Å². The van der Waals surface area contributed by atoms with Crippen LogP contribution in [0.3, 0.4) is 0 Å². The van der Waals surface area contributed by atoms with Gasteiger partial charge in [0.1, 0.15) is 0 Å². The van der Waals surface area contributed by atoms with E-state index in [9.17, 15) is 0 Å². The zero-order valence-electron chi connectivity index (χ0n) is 12.3. The molecule has 3 atom stereocenters. The maximum absolute atomic E-state index is 5.99. The molecule has 2 bridgehead atoms. The first kappa shape index (κ1) is 14.2. The summed E-state index contributed by atoms with van der Waals surface area (Å²) < 4.78 is 0. The lowest BCUT2D eigenvalue weighted by atomic mass is 9.88. The highest BCUT2D eigenvalue weighted by atomic mass is 35.5. The van der Waals surface area contributed by atoms with E-state index >= 15 is 0 Å². The number of nitrogens with zero attached hydrogens (tertiary/aromatic N) is 1. The Morgan fingerprint density at radius 3 is 2.90 bits per heavy atom. The Labute approximate surface area is 127 Å². The van der Waals surface area contributed by atoms with Crippen molar-refractivity contribution >= 4 is 17.3 Å². The molecular weight excluding hydrogens is 268 g/mol. The van der Waals surface area contributed by atoms with Gasteiger partial charge in [0.05, 0.1) is 0 Å². The molecule has 110 valence electrons. The Hall–Kier alpha value is -0.730. The van der Waals surface area contributed by atoms with E-state index in [1.165, 1.54) is 32.2 Å². The van der Waals surface area contributed by atoms with Gasteiger partial charge < -0.3 is 10.2 Å². The van der Waals surface area contributed by atoms with Crippen molar-refractivity contribution in [1.29, 1.82) is 0 Å². The molecule has 3 rings (SSSR count). The van der Waals surface area contributed by atoms with Crippen LogP contribution >= 0.6 is 11.6 Å². The molecular formula is C17H25ClN2. The topological polar surface area (TPSA) is 15.3 Å². The second-order valence-electron chi connectivity index (χ2n) is 6.63. The second-order valence-corrected chi connectivity index (χ2v) is 7.07. The van der Waals surface area contributed by atoms with Crippen molar-refractivity contribution in [1.82, 2.24) is 4.90 Å². The predicted molar refractivity (Wildman–Crippen MR) is 86.4 cm³/mol. The summed E-state index contributed by atoms with van der Waals surface area (Å²) in [6, 6.07) is 7.96. The van der Waals surface area contributed by atoms with E-state index in [4.69, 9.17) is 11.6 Å². The summed E-state index contributed by atoms with van der Waals surface area (Å²) in [5, 5.41) is 4.25. The quantitative estimate of drug-likeness (QED) is 0.848. The lowest BCUT2D eigenvalue weighted by molar-refractivity contribution is 0.225. The van der Waals surface area contributed by atoms with Crippen LogP contribution in [0, 0.1) is 17.8 Å². The van der Waals surface area contributed by atoms with Crippen molar-refractivity contribution in [3.8, 4) is 0 Å². The van der Waals surface area contributed by atoms with Gasteiger partial charge in [0.25, 0.3) is 0 Å². The normalized spacial score (nSPS) is 28.2. The standard InChI is InChI=1S/C17H25ClN2/c1-20(12-15-10-13-5-6-14(15)9-13)8-7-19-17-4-2-3-16(18)11-17/h2-4,11,13-15,19H,5-10,12H2,1H3. The minimum Gasteiger partial charge on any atom is -0.384 e. The molecule has 2 saturated carbocycles. The highest BCUT2D eigenvalue weighted by Gasteiger charge is 2.39. The molecule has 3 unspecified atom stereocenters. The average molecular weight is 293 g/mol. The molecule has 0 saturated heterocycles. The van der Waals surface area contributed by atoms with E-state index in [2.05, 4.69) is 23.3 Å². The zero-order valence-corrected chi connectivity index (χ0v) is 13.1. The lowest BCUT2D eigenvalue weighted by Crippen LogP contribution is -2.32. The fourth-order valence-corrected chi connectivity index (χ4v) is 4.27. The fraction of sp³-hybridized carbons (Fsp3) is 0.647. The van der Waals surface area contributed by atoms with Crippen LogP contribution in [0.1, 0.15) is 25.7 Å². The van der Waals surface area contributed by atoms with Gasteiger partial charge in [0, 0.05) is 30.3 Å². The smallest absolute Gasteiger partial charge is 0.0426 e. The summed E-state index contributed by atoms with van der Waals surface area (Å²) in [5.74, 6) is 3.05. The van der Waals surface area contributed by atoms with Gasteiger partial charge in [-0.05, 0) is 62.3 Å². The van der Waals surface area contributed by atoms with Crippen molar-refractivity contribution in [3.05, 3.63) is 29.3 Å². The minimum absolute atomic E-state index is 0.797. The van der Waals surface area contributed by atoms with Gasteiger partial charge in [-0.1, -0.05) is 24.1 Å². The number of nitrogens with one attached hydrogen (secondary N) is 1. The van der Waals surface area contributed by atoms with Crippen molar-refractivity contribution < 1.29 is 0 Å². The number of hydrogen-bond donors (Lipinski definition) is 1. The molecule has 2 aliphatic rings. The number of anilines is 1. The van der Waals surface area contributed by atoms with Gasteiger partial charge in [-0.25, -0.2) is 0 Å². The maximum atomic E-state index is 5.99. The van der Waals surface area contributed by atoms with Crippen LogP contribution in [-0.2, 0) is 0 Å². The fourth-order valence-electron chi connectivity index (χ4n) is 4.08. The molecule has 0 aliphatic heterocycles. The van der Waals surface area contributed by atoms with Gasteiger partial charge >= 0.3 is 0 Å². The van der Waals surface area contributed by atoms with Crippen LogP contribution in [0.5, 0.6) is 0 Å². The SMILES string of the molecule is CN(CCNc1cccc(Cl)c1)CC1CC2CCC1C2. The predicted octanol–water partition coefficient (Wildman–Crippen LogP) is 4.12. The lowest BCUT2D eigenvalue weighted by Gasteiger charge is -2.27. The summed E-state index contributed by atoms with van der Waals surface area (Å²) in [6.07, 6.45) is 5.99. The number of likely N-dealkylation sites (N-methyl/N-ethyl adjacent to an activating group) is 1. The molecule has 1 aromatic carbocycles. The maximum Gasteiger partial charge on any atom is 0.0426 e. The Kier molecular flexibility index (Phi) is 4.52. The zero-order chi connectivity index (χ0) is 13.9. The molecule has 1 aromatic rings. The van der Waals surface area contributed by atoms with Crippen molar-refractivity contribution in [3.63, 3.8) is 0 Å². The molecule has 0 radical (unpaired) electrons. The number of hydrogen-bond acceptors (Lipinski definition) is 2. The second kappa shape index (κ2) is 6.36. The molecule has 0 spiro atoms. The summed E-state index contributed by atoms with van der Waals surface area (Å²) in [6.45, 7) is 3.36. The summed E-state index contributed by atoms with van der Waals surface area (Å²) in [5.41, 5.74) is 1.12. The first-order valence-electron chi connectivity index (χ1n) is 7.88. The third-order valence-corrected chi connectivity index (χ3v) is 5.31. The van der Waals surface area contributed by atoms with Crippen LogP contribution in [0.15, 0.2) is 24.3 Å². The molecule has 3 heteroatoms. The molecule has 2 fully saturated rings. The molecule has 0 amide bonds. The molecule has 2 nitrogen and oxygen atoms in total. The number of rotatable bonds is 6. The highest BCUT2D eigenvalue weighted by Crippen LogP contribution is 2.48. The van der Waals surface area contributed by atoms with Crippen LogP contribution in [0.25, 0.3) is 0 Å². The summed E-state index contributed by atoms with van der Waals surface area (Å²) >= 11 is 5.99. The van der Waals surface area contributed by atoms with Crippen molar-refractivity contribution in [2.45, 2.75) is 25.7 Å². The Morgan fingerprint density at radius 2 is 2.20 bits per heavy atom. The van der Waals surface area contributed by atoms with E-state index in [1.807, 2.05) is 18.2 Å². The molecule has 2 aliphatic carbocycles. The first-order valence-corrected chi connectivity index (χ1v) is 8.26. The Balaban J connectivity index is 1.38. The monoisotopic (exact) mass is 292 g/mol. The van der Waals surface area contributed by atoms with Crippen LogP contribution in [0.4, 0.5) is 5.69 Å². The van der Waals surface area contributed by atoms with Gasteiger partial charge in [-0.3, -0.25) is 0 Å². The van der Waals surface area contributed by atoms with Gasteiger partial charge in [0.15, 0.2) is 0 Å². The average Bonchev–Trinajstić information content (AvgIpc) is 3.01. The minimum atomic E-state index is 0.797. The number of fused-ring (bicyclic) bond motifs is 2. The summed E-state index contributed by atoms with van der Waals surface area (Å²) in [7, 11) is 2.26. The third kappa shape index (κ3) is 3.48.